The molecule has 0 bridgehead atoms. The fourth-order valence-electron chi connectivity index (χ4n) is 2.64. The van der Waals surface area contributed by atoms with Crippen LogP contribution in [-0.4, -0.2) is 6.61 Å². The van der Waals surface area contributed by atoms with Crippen LogP contribution in [0.4, 0.5) is 0 Å². The Morgan fingerprint density at radius 2 is 1.90 bits per heavy atom. The number of ether oxygens (including phenoxy) is 1. The highest BCUT2D eigenvalue weighted by Crippen LogP contribution is 2.35. The molecule has 1 aliphatic rings. The van der Waals surface area contributed by atoms with Crippen LogP contribution in [0, 0.1) is 0 Å². The molecule has 0 aromatic heterocycles. The van der Waals surface area contributed by atoms with Gasteiger partial charge in [0.1, 0.15) is 5.75 Å². The van der Waals surface area contributed by atoms with Crippen LogP contribution in [0.25, 0.3) is 0 Å². The molecule has 2 aromatic carbocycles. The summed E-state index contributed by atoms with van der Waals surface area (Å²) in [7, 11) is 0. The van der Waals surface area contributed by atoms with Gasteiger partial charge in [-0.3, -0.25) is 0 Å². The Morgan fingerprint density at radius 1 is 1.14 bits per heavy atom. The van der Waals surface area contributed by atoms with Gasteiger partial charge < -0.3 is 10.5 Å². The molecule has 0 amide bonds. The monoisotopic (exact) mass is 385 g/mol. The SMILES string of the molecule is NC(Cc1cc(Cl)cc2c1OCC2)c1cc(Cl)cc(Br)c1. The lowest BCUT2D eigenvalue weighted by Gasteiger charge is -2.16. The molecule has 5 heteroatoms. The van der Waals surface area contributed by atoms with Gasteiger partial charge in [0.15, 0.2) is 0 Å². The molecule has 0 saturated heterocycles. The molecule has 1 aliphatic heterocycles. The molecule has 0 aliphatic carbocycles. The van der Waals surface area contributed by atoms with Crippen LogP contribution in [0.15, 0.2) is 34.8 Å². The van der Waals surface area contributed by atoms with Gasteiger partial charge in [-0.2, -0.15) is 0 Å². The molecule has 2 N–H and O–H groups in total. The van der Waals surface area contributed by atoms with E-state index < -0.39 is 0 Å². The molecule has 3 rings (SSSR count). The van der Waals surface area contributed by atoms with Crippen molar-refractivity contribution in [3.8, 4) is 5.75 Å². The highest BCUT2D eigenvalue weighted by atomic mass is 79.9. The van der Waals surface area contributed by atoms with Crippen molar-refractivity contribution in [2.45, 2.75) is 18.9 Å². The maximum atomic E-state index is 6.33. The smallest absolute Gasteiger partial charge is 0.125 e. The summed E-state index contributed by atoms with van der Waals surface area (Å²) < 4.78 is 6.64. The first-order valence-corrected chi connectivity index (χ1v) is 8.23. The third-order valence-electron chi connectivity index (χ3n) is 3.58. The highest BCUT2D eigenvalue weighted by Gasteiger charge is 2.20. The van der Waals surface area contributed by atoms with Crippen molar-refractivity contribution in [3.63, 3.8) is 0 Å². The Balaban J connectivity index is 1.90. The second-order valence-corrected chi connectivity index (χ2v) is 6.95. The summed E-state index contributed by atoms with van der Waals surface area (Å²) in [6.07, 6.45) is 1.57. The molecule has 1 heterocycles. The Morgan fingerprint density at radius 3 is 2.67 bits per heavy atom. The first kappa shape index (κ1) is 15.2. The van der Waals surface area contributed by atoms with Crippen LogP contribution in [0.2, 0.25) is 10.0 Å². The van der Waals surface area contributed by atoms with Crippen molar-refractivity contribution < 1.29 is 4.74 Å². The molecule has 0 saturated carbocycles. The van der Waals surface area contributed by atoms with E-state index in [1.54, 1.807) is 0 Å². The second-order valence-electron chi connectivity index (χ2n) is 5.17. The van der Waals surface area contributed by atoms with E-state index in [1.807, 2.05) is 30.3 Å². The summed E-state index contributed by atoms with van der Waals surface area (Å²) in [6, 6.07) is 9.47. The Bertz CT molecular complexity index is 670. The van der Waals surface area contributed by atoms with Crippen LogP contribution >= 0.6 is 39.1 Å². The summed E-state index contributed by atoms with van der Waals surface area (Å²) in [5.41, 5.74) is 9.54. The summed E-state index contributed by atoms with van der Waals surface area (Å²) in [5, 5.41) is 1.40. The average Bonchev–Trinajstić information content (AvgIpc) is 2.85. The molecule has 0 radical (unpaired) electrons. The zero-order chi connectivity index (χ0) is 15.0. The topological polar surface area (TPSA) is 35.2 Å². The fraction of sp³-hybridized carbons (Fsp3) is 0.250. The van der Waals surface area contributed by atoms with Gasteiger partial charge in [0.25, 0.3) is 0 Å². The molecule has 21 heavy (non-hydrogen) atoms. The molecule has 0 spiro atoms. The fourth-order valence-corrected chi connectivity index (χ4v) is 3.79. The Kier molecular flexibility index (Phi) is 4.46. The van der Waals surface area contributed by atoms with Gasteiger partial charge in [-0.1, -0.05) is 39.1 Å². The largest absolute Gasteiger partial charge is 0.493 e. The van der Waals surface area contributed by atoms with E-state index in [0.29, 0.717) is 18.1 Å². The maximum absolute atomic E-state index is 6.33. The van der Waals surface area contributed by atoms with E-state index >= 15 is 0 Å². The number of hydrogen-bond acceptors (Lipinski definition) is 2. The van der Waals surface area contributed by atoms with E-state index in [4.69, 9.17) is 33.7 Å². The minimum Gasteiger partial charge on any atom is -0.493 e. The minimum atomic E-state index is -0.160. The van der Waals surface area contributed by atoms with Crippen molar-refractivity contribution in [2.24, 2.45) is 5.73 Å². The number of halogens is 3. The normalized spacial score (nSPS) is 14.7. The molecule has 110 valence electrons. The van der Waals surface area contributed by atoms with E-state index in [2.05, 4.69) is 15.9 Å². The Hall–Kier alpha value is -0.740. The number of hydrogen-bond donors (Lipinski definition) is 1. The lowest BCUT2D eigenvalue weighted by Crippen LogP contribution is -2.14. The van der Waals surface area contributed by atoms with Crippen molar-refractivity contribution in [1.82, 2.24) is 0 Å². The van der Waals surface area contributed by atoms with E-state index in [0.717, 1.165) is 38.4 Å². The number of benzene rings is 2. The predicted octanol–water partition coefficient (Wildman–Crippen LogP) is 4.93. The molecular formula is C16H14BrCl2NO. The van der Waals surface area contributed by atoms with Gasteiger partial charge >= 0.3 is 0 Å². The molecular weight excluding hydrogens is 373 g/mol. The zero-order valence-corrected chi connectivity index (χ0v) is 14.3. The lowest BCUT2D eigenvalue weighted by atomic mass is 9.97. The van der Waals surface area contributed by atoms with Gasteiger partial charge in [-0.15, -0.1) is 0 Å². The molecule has 0 fully saturated rings. The van der Waals surface area contributed by atoms with Gasteiger partial charge in [-0.25, -0.2) is 0 Å². The minimum absolute atomic E-state index is 0.160. The van der Waals surface area contributed by atoms with Crippen LogP contribution in [0.5, 0.6) is 5.75 Å². The summed E-state index contributed by atoms with van der Waals surface area (Å²) in [6.45, 7) is 0.709. The molecule has 1 unspecified atom stereocenters. The van der Waals surface area contributed by atoms with Crippen LogP contribution in [0.3, 0.4) is 0 Å². The lowest BCUT2D eigenvalue weighted by molar-refractivity contribution is 0.352. The number of fused-ring (bicyclic) bond motifs is 1. The first-order valence-electron chi connectivity index (χ1n) is 6.68. The average molecular weight is 387 g/mol. The van der Waals surface area contributed by atoms with Crippen molar-refractivity contribution in [2.75, 3.05) is 6.61 Å². The van der Waals surface area contributed by atoms with Crippen molar-refractivity contribution in [1.29, 1.82) is 0 Å². The number of nitrogens with two attached hydrogens (primary N) is 1. The summed E-state index contributed by atoms with van der Waals surface area (Å²) in [5.74, 6) is 0.941. The number of rotatable bonds is 3. The van der Waals surface area contributed by atoms with E-state index in [-0.39, 0.29) is 6.04 Å². The second kappa shape index (κ2) is 6.17. The quantitative estimate of drug-likeness (QED) is 0.811. The van der Waals surface area contributed by atoms with Gasteiger partial charge in [-0.05, 0) is 53.4 Å². The molecule has 2 aromatic rings. The van der Waals surface area contributed by atoms with Crippen molar-refractivity contribution in [3.05, 3.63) is 61.5 Å². The summed E-state index contributed by atoms with van der Waals surface area (Å²) >= 11 is 15.7. The third kappa shape index (κ3) is 3.37. The van der Waals surface area contributed by atoms with Crippen molar-refractivity contribution >= 4 is 39.1 Å². The van der Waals surface area contributed by atoms with Gasteiger partial charge in [0.05, 0.1) is 6.61 Å². The molecule has 2 nitrogen and oxygen atoms in total. The van der Waals surface area contributed by atoms with E-state index in [9.17, 15) is 0 Å². The Labute approximate surface area is 142 Å². The predicted molar refractivity (Wildman–Crippen MR) is 90.4 cm³/mol. The zero-order valence-electron chi connectivity index (χ0n) is 11.2. The third-order valence-corrected chi connectivity index (χ3v) is 4.47. The summed E-state index contributed by atoms with van der Waals surface area (Å²) in [4.78, 5) is 0. The van der Waals surface area contributed by atoms with Crippen LogP contribution in [-0.2, 0) is 12.8 Å². The standard InChI is InChI=1S/C16H14BrCl2NO/c17-12-3-10(5-14(19)8-12)15(20)7-11-6-13(18)4-9-1-2-21-16(9)11/h3-6,8,15H,1-2,7,20H2. The van der Waals surface area contributed by atoms with Gasteiger partial charge in [0, 0.05) is 27.0 Å². The van der Waals surface area contributed by atoms with Crippen LogP contribution < -0.4 is 10.5 Å². The van der Waals surface area contributed by atoms with Gasteiger partial charge in [0.2, 0.25) is 0 Å². The maximum Gasteiger partial charge on any atom is 0.125 e. The van der Waals surface area contributed by atoms with Crippen LogP contribution in [0.1, 0.15) is 22.7 Å². The highest BCUT2D eigenvalue weighted by molar-refractivity contribution is 9.10. The van der Waals surface area contributed by atoms with E-state index in [1.165, 1.54) is 0 Å². The molecule has 1 atom stereocenters. The first-order chi connectivity index (χ1) is 10.0.